The molecule has 1 rings (SSSR count). The number of unbranched alkanes of at least 4 members (excludes halogenated alkanes) is 5. The molecule has 0 radical (unpaired) electrons. The van der Waals surface area contributed by atoms with Crippen molar-refractivity contribution in [1.82, 2.24) is 4.90 Å². The van der Waals surface area contributed by atoms with Crippen LogP contribution in [0.3, 0.4) is 0 Å². The van der Waals surface area contributed by atoms with Crippen molar-refractivity contribution >= 4 is 0 Å². The van der Waals surface area contributed by atoms with E-state index in [0.717, 1.165) is 13.2 Å². The molecule has 0 aliphatic carbocycles. The van der Waals surface area contributed by atoms with Gasteiger partial charge < -0.3 is 9.64 Å². The third kappa shape index (κ3) is 10.7. The molecule has 0 aromatic carbocycles. The Morgan fingerprint density at radius 1 is 0.800 bits per heavy atom. The minimum atomic E-state index is 0.314. The van der Waals surface area contributed by atoms with Crippen molar-refractivity contribution in [3.8, 4) is 0 Å². The summed E-state index contributed by atoms with van der Waals surface area (Å²) in [6.45, 7) is 12.6. The average Bonchev–Trinajstić information content (AvgIpc) is 2.41. The second kappa shape index (κ2) is 10.6. The van der Waals surface area contributed by atoms with Crippen molar-refractivity contribution < 1.29 is 4.74 Å². The third-order valence-electron chi connectivity index (χ3n) is 4.00. The summed E-state index contributed by atoms with van der Waals surface area (Å²) in [5.41, 5.74) is 0.314. The van der Waals surface area contributed by atoms with E-state index in [-0.39, 0.29) is 0 Å². The van der Waals surface area contributed by atoms with E-state index in [1.54, 1.807) is 0 Å². The molecule has 1 aliphatic rings. The van der Waals surface area contributed by atoms with E-state index in [2.05, 4.69) is 25.7 Å². The lowest BCUT2D eigenvalue weighted by molar-refractivity contribution is 0.0686. The fourth-order valence-corrected chi connectivity index (χ4v) is 2.81. The maximum absolute atomic E-state index is 5.70. The molecule has 1 saturated heterocycles. The zero-order valence-electron chi connectivity index (χ0n) is 14.3. The summed E-state index contributed by atoms with van der Waals surface area (Å²) < 4.78 is 5.70. The second-order valence-corrected chi connectivity index (χ2v) is 7.64. The van der Waals surface area contributed by atoms with Gasteiger partial charge in [-0.15, -0.1) is 0 Å². The van der Waals surface area contributed by atoms with Crippen molar-refractivity contribution in [3.05, 3.63) is 0 Å². The Labute approximate surface area is 127 Å². The van der Waals surface area contributed by atoms with Gasteiger partial charge in [0.15, 0.2) is 0 Å². The van der Waals surface area contributed by atoms with Crippen LogP contribution in [0.4, 0.5) is 0 Å². The van der Waals surface area contributed by atoms with Gasteiger partial charge in [0, 0.05) is 6.61 Å². The fraction of sp³-hybridized carbons (Fsp3) is 1.00. The van der Waals surface area contributed by atoms with Gasteiger partial charge in [0.1, 0.15) is 0 Å². The molecular formula is C18H37NO. The van der Waals surface area contributed by atoms with Crippen LogP contribution in [0.5, 0.6) is 0 Å². The van der Waals surface area contributed by atoms with Gasteiger partial charge >= 0.3 is 0 Å². The van der Waals surface area contributed by atoms with E-state index in [0.29, 0.717) is 5.41 Å². The molecule has 1 heterocycles. The highest BCUT2D eigenvalue weighted by atomic mass is 16.5. The molecule has 0 bridgehead atoms. The summed E-state index contributed by atoms with van der Waals surface area (Å²) in [5, 5.41) is 0. The van der Waals surface area contributed by atoms with Crippen LogP contribution < -0.4 is 0 Å². The predicted molar refractivity (Wildman–Crippen MR) is 88.3 cm³/mol. The Hall–Kier alpha value is -0.0800. The molecule has 0 N–H and O–H groups in total. The largest absolute Gasteiger partial charge is 0.381 e. The highest BCUT2D eigenvalue weighted by Crippen LogP contribution is 2.14. The van der Waals surface area contributed by atoms with Gasteiger partial charge in [0.25, 0.3) is 0 Å². The molecule has 1 fully saturated rings. The summed E-state index contributed by atoms with van der Waals surface area (Å²) in [6, 6.07) is 0. The Morgan fingerprint density at radius 3 is 2.05 bits per heavy atom. The zero-order chi connectivity index (χ0) is 14.7. The molecule has 0 spiro atoms. The van der Waals surface area contributed by atoms with Crippen molar-refractivity contribution in [2.75, 3.05) is 32.8 Å². The van der Waals surface area contributed by atoms with Crippen LogP contribution in [0, 0.1) is 5.41 Å². The van der Waals surface area contributed by atoms with E-state index in [1.165, 1.54) is 77.4 Å². The number of piperidine rings is 1. The number of hydrogen-bond donors (Lipinski definition) is 0. The van der Waals surface area contributed by atoms with Crippen LogP contribution in [0.25, 0.3) is 0 Å². The molecule has 1 aliphatic heterocycles. The second-order valence-electron chi connectivity index (χ2n) is 7.64. The van der Waals surface area contributed by atoms with Crippen LogP contribution in [0.2, 0.25) is 0 Å². The summed E-state index contributed by atoms with van der Waals surface area (Å²) in [5.74, 6) is 0. The lowest BCUT2D eigenvalue weighted by Gasteiger charge is -2.26. The topological polar surface area (TPSA) is 12.5 Å². The minimum Gasteiger partial charge on any atom is -0.381 e. The predicted octanol–water partition coefficient (Wildman–Crippen LogP) is 4.88. The van der Waals surface area contributed by atoms with Gasteiger partial charge in [-0.2, -0.15) is 0 Å². The van der Waals surface area contributed by atoms with E-state index >= 15 is 0 Å². The van der Waals surface area contributed by atoms with E-state index in [1.807, 2.05) is 0 Å². The van der Waals surface area contributed by atoms with Gasteiger partial charge in [-0.05, 0) is 50.7 Å². The summed E-state index contributed by atoms with van der Waals surface area (Å²) in [7, 11) is 0. The van der Waals surface area contributed by atoms with Gasteiger partial charge in [-0.3, -0.25) is 0 Å². The molecule has 2 heteroatoms. The lowest BCUT2D eigenvalue weighted by atomic mass is 9.99. The number of likely N-dealkylation sites (tertiary alicyclic amines) is 1. The molecule has 0 atom stereocenters. The fourth-order valence-electron chi connectivity index (χ4n) is 2.81. The van der Waals surface area contributed by atoms with Crippen LogP contribution in [0.1, 0.15) is 78.6 Å². The average molecular weight is 283 g/mol. The Balaban J connectivity index is 1.76. The van der Waals surface area contributed by atoms with E-state index in [4.69, 9.17) is 4.74 Å². The Kier molecular flexibility index (Phi) is 9.54. The van der Waals surface area contributed by atoms with Crippen LogP contribution >= 0.6 is 0 Å². The van der Waals surface area contributed by atoms with Crippen molar-refractivity contribution in [3.63, 3.8) is 0 Å². The Morgan fingerprint density at radius 2 is 1.40 bits per heavy atom. The minimum absolute atomic E-state index is 0.314. The molecule has 20 heavy (non-hydrogen) atoms. The van der Waals surface area contributed by atoms with Gasteiger partial charge in [0.2, 0.25) is 0 Å². The van der Waals surface area contributed by atoms with Crippen LogP contribution in [-0.4, -0.2) is 37.7 Å². The molecule has 120 valence electrons. The lowest BCUT2D eigenvalue weighted by Crippen LogP contribution is -2.30. The first-order valence-corrected chi connectivity index (χ1v) is 8.88. The number of hydrogen-bond acceptors (Lipinski definition) is 2. The van der Waals surface area contributed by atoms with E-state index < -0.39 is 0 Å². The van der Waals surface area contributed by atoms with Crippen molar-refractivity contribution in [2.45, 2.75) is 78.6 Å². The zero-order valence-corrected chi connectivity index (χ0v) is 14.3. The normalized spacial score (nSPS) is 17.6. The van der Waals surface area contributed by atoms with Gasteiger partial charge in [-0.1, -0.05) is 52.9 Å². The first-order chi connectivity index (χ1) is 9.58. The van der Waals surface area contributed by atoms with Crippen molar-refractivity contribution in [2.24, 2.45) is 5.41 Å². The van der Waals surface area contributed by atoms with Gasteiger partial charge in [0.05, 0.1) is 6.61 Å². The standard InChI is InChI=1S/C18H37NO/c1-18(2,3)17-20-16-12-7-5-4-6-9-13-19-14-10-8-11-15-19/h4-17H2,1-3H3. The SMILES string of the molecule is CC(C)(C)COCCCCCCCCN1CCCCC1. The summed E-state index contributed by atoms with van der Waals surface area (Å²) in [6.07, 6.45) is 12.5. The van der Waals surface area contributed by atoms with Gasteiger partial charge in [-0.25, -0.2) is 0 Å². The van der Waals surface area contributed by atoms with Crippen molar-refractivity contribution in [1.29, 1.82) is 0 Å². The first kappa shape index (κ1) is 18.0. The molecule has 0 saturated carbocycles. The number of nitrogens with zero attached hydrogens (tertiary/aromatic N) is 1. The monoisotopic (exact) mass is 283 g/mol. The quantitative estimate of drug-likeness (QED) is 0.530. The molecule has 0 amide bonds. The third-order valence-corrected chi connectivity index (χ3v) is 4.00. The highest BCUT2D eigenvalue weighted by molar-refractivity contribution is 4.64. The smallest absolute Gasteiger partial charge is 0.0514 e. The summed E-state index contributed by atoms with van der Waals surface area (Å²) >= 11 is 0. The van der Waals surface area contributed by atoms with Crippen LogP contribution in [-0.2, 0) is 4.74 Å². The first-order valence-electron chi connectivity index (χ1n) is 8.88. The Bertz CT molecular complexity index is 216. The molecule has 0 aromatic heterocycles. The van der Waals surface area contributed by atoms with E-state index in [9.17, 15) is 0 Å². The maximum Gasteiger partial charge on any atom is 0.0514 e. The number of ether oxygens (including phenoxy) is 1. The molecule has 0 aromatic rings. The number of rotatable bonds is 10. The van der Waals surface area contributed by atoms with Crippen LogP contribution in [0.15, 0.2) is 0 Å². The summed E-state index contributed by atoms with van der Waals surface area (Å²) in [4.78, 5) is 2.66. The maximum atomic E-state index is 5.70. The highest BCUT2D eigenvalue weighted by Gasteiger charge is 2.09. The molecule has 2 nitrogen and oxygen atoms in total. The molecular weight excluding hydrogens is 246 g/mol. The molecule has 0 unspecified atom stereocenters.